The summed E-state index contributed by atoms with van der Waals surface area (Å²) in [6, 6.07) is 12.6. The molecule has 0 atom stereocenters. The van der Waals surface area contributed by atoms with Crippen molar-refractivity contribution in [1.82, 2.24) is 10.7 Å². The summed E-state index contributed by atoms with van der Waals surface area (Å²) in [4.78, 5) is 34.9. The Labute approximate surface area is 166 Å². The Morgan fingerprint density at radius 3 is 2.43 bits per heavy atom. The van der Waals surface area contributed by atoms with E-state index in [0.717, 1.165) is 0 Å². The number of nitro groups is 1. The molecule has 0 spiro atoms. The second-order valence-electron chi connectivity index (χ2n) is 5.86. The van der Waals surface area contributed by atoms with Gasteiger partial charge in [0.05, 0.1) is 11.1 Å². The van der Waals surface area contributed by atoms with Crippen molar-refractivity contribution in [3.63, 3.8) is 0 Å². The zero-order valence-corrected chi connectivity index (χ0v) is 15.9. The molecule has 0 saturated heterocycles. The van der Waals surface area contributed by atoms with Gasteiger partial charge in [0, 0.05) is 17.2 Å². The maximum Gasteiger partial charge on any atom is 0.288 e. The van der Waals surface area contributed by atoms with Crippen molar-refractivity contribution >= 4 is 35.3 Å². The number of nitrogens with zero attached hydrogens (tertiary/aromatic N) is 2. The van der Waals surface area contributed by atoms with Crippen LogP contribution >= 0.6 is 11.6 Å². The molecule has 0 aliphatic heterocycles. The monoisotopic (exact) mass is 400 g/mol. The SMILES string of the molecule is CC(C)=C(NC(=O)c1ccccc1)C(=O)NN=Cc1ccc(Cl)c([N+](=O)[O-])c1. The molecule has 0 fully saturated rings. The second kappa shape index (κ2) is 9.43. The molecule has 2 rings (SSSR count). The van der Waals surface area contributed by atoms with Crippen molar-refractivity contribution in [1.29, 1.82) is 0 Å². The first-order chi connectivity index (χ1) is 13.3. The van der Waals surface area contributed by atoms with Crippen molar-refractivity contribution in [3.05, 3.63) is 86.1 Å². The van der Waals surface area contributed by atoms with Crippen molar-refractivity contribution < 1.29 is 14.5 Å². The van der Waals surface area contributed by atoms with Gasteiger partial charge < -0.3 is 5.32 Å². The molecule has 8 nitrogen and oxygen atoms in total. The van der Waals surface area contributed by atoms with Gasteiger partial charge in [0.2, 0.25) is 0 Å². The van der Waals surface area contributed by atoms with E-state index in [4.69, 9.17) is 11.6 Å². The third-order valence-electron chi connectivity index (χ3n) is 3.55. The van der Waals surface area contributed by atoms with Gasteiger partial charge >= 0.3 is 0 Å². The first kappa shape index (κ1) is 20.8. The lowest BCUT2D eigenvalue weighted by Crippen LogP contribution is -2.33. The highest BCUT2D eigenvalue weighted by atomic mass is 35.5. The van der Waals surface area contributed by atoms with E-state index >= 15 is 0 Å². The van der Waals surface area contributed by atoms with E-state index in [-0.39, 0.29) is 16.4 Å². The van der Waals surface area contributed by atoms with E-state index in [1.165, 1.54) is 24.4 Å². The van der Waals surface area contributed by atoms with Gasteiger partial charge in [0.1, 0.15) is 10.7 Å². The minimum absolute atomic E-state index is 0.00152. The molecule has 0 aliphatic rings. The van der Waals surface area contributed by atoms with Crippen LogP contribution in [0, 0.1) is 10.1 Å². The highest BCUT2D eigenvalue weighted by molar-refractivity contribution is 6.32. The quantitative estimate of drug-likeness (QED) is 0.334. The Bertz CT molecular complexity index is 967. The fourth-order valence-corrected chi connectivity index (χ4v) is 2.34. The van der Waals surface area contributed by atoms with Crippen LogP contribution in [0.15, 0.2) is 64.9 Å². The number of amides is 2. The van der Waals surface area contributed by atoms with Crippen molar-refractivity contribution in [2.75, 3.05) is 0 Å². The lowest BCUT2D eigenvalue weighted by Gasteiger charge is -2.10. The van der Waals surface area contributed by atoms with Gasteiger partial charge in [-0.25, -0.2) is 5.43 Å². The van der Waals surface area contributed by atoms with Gasteiger partial charge in [-0.15, -0.1) is 0 Å². The van der Waals surface area contributed by atoms with Crippen LogP contribution in [0.25, 0.3) is 0 Å². The molecule has 0 radical (unpaired) electrons. The topological polar surface area (TPSA) is 114 Å². The maximum absolute atomic E-state index is 12.3. The summed E-state index contributed by atoms with van der Waals surface area (Å²) in [5.41, 5.74) is 3.45. The standard InChI is InChI=1S/C19H17ClN4O4/c1-12(2)17(22-18(25)14-6-4-3-5-7-14)19(26)23-21-11-13-8-9-15(20)16(10-13)24(27)28/h3-11H,1-2H3,(H,22,25)(H,23,26). The molecule has 0 aliphatic carbocycles. The van der Waals surface area contributed by atoms with E-state index in [9.17, 15) is 19.7 Å². The molecule has 144 valence electrons. The molecule has 0 saturated carbocycles. The van der Waals surface area contributed by atoms with Crippen molar-refractivity contribution in [2.24, 2.45) is 5.10 Å². The lowest BCUT2D eigenvalue weighted by atomic mass is 10.2. The van der Waals surface area contributed by atoms with Crippen LogP contribution in [0.3, 0.4) is 0 Å². The number of halogens is 1. The highest BCUT2D eigenvalue weighted by Crippen LogP contribution is 2.24. The van der Waals surface area contributed by atoms with Crippen LogP contribution in [0.1, 0.15) is 29.8 Å². The molecular weight excluding hydrogens is 384 g/mol. The third kappa shape index (κ3) is 5.49. The van der Waals surface area contributed by atoms with Crippen LogP contribution in [0.5, 0.6) is 0 Å². The minimum atomic E-state index is -0.621. The number of nitrogens with one attached hydrogen (secondary N) is 2. The summed E-state index contributed by atoms with van der Waals surface area (Å²) in [6.45, 7) is 3.35. The van der Waals surface area contributed by atoms with Gasteiger partial charge in [-0.2, -0.15) is 5.10 Å². The van der Waals surface area contributed by atoms with Crippen LogP contribution in [0.4, 0.5) is 5.69 Å². The molecule has 2 amide bonds. The second-order valence-corrected chi connectivity index (χ2v) is 6.27. The molecule has 2 aromatic carbocycles. The molecule has 28 heavy (non-hydrogen) atoms. The smallest absolute Gasteiger partial charge is 0.288 e. The normalized spacial score (nSPS) is 10.4. The Kier molecular flexibility index (Phi) is 7.00. The third-order valence-corrected chi connectivity index (χ3v) is 3.87. The van der Waals surface area contributed by atoms with Crippen LogP contribution in [-0.4, -0.2) is 23.0 Å². The summed E-state index contributed by atoms with van der Waals surface area (Å²) in [5, 5.41) is 17.2. The molecule has 0 aromatic heterocycles. The highest BCUT2D eigenvalue weighted by Gasteiger charge is 2.15. The van der Waals surface area contributed by atoms with E-state index < -0.39 is 16.7 Å². The maximum atomic E-state index is 12.3. The number of hydrogen-bond acceptors (Lipinski definition) is 5. The van der Waals surface area contributed by atoms with Gasteiger partial charge in [0.25, 0.3) is 17.5 Å². The molecule has 2 N–H and O–H groups in total. The first-order valence-corrected chi connectivity index (χ1v) is 8.48. The number of hydrazone groups is 1. The predicted octanol–water partition coefficient (Wildman–Crippen LogP) is 3.42. The number of carbonyl (C=O) groups is 2. The number of benzene rings is 2. The van der Waals surface area contributed by atoms with Gasteiger partial charge in [-0.3, -0.25) is 19.7 Å². The number of nitro benzene ring substituents is 1. The van der Waals surface area contributed by atoms with Crippen molar-refractivity contribution in [3.8, 4) is 0 Å². The zero-order chi connectivity index (χ0) is 20.7. The van der Waals surface area contributed by atoms with Crippen molar-refractivity contribution in [2.45, 2.75) is 13.8 Å². The Morgan fingerprint density at radius 1 is 1.14 bits per heavy atom. The average molecular weight is 401 g/mol. The van der Waals surface area contributed by atoms with Crippen LogP contribution in [0.2, 0.25) is 5.02 Å². The summed E-state index contributed by atoms with van der Waals surface area (Å²) < 4.78 is 0. The van der Waals surface area contributed by atoms with E-state index in [1.54, 1.807) is 44.2 Å². The largest absolute Gasteiger partial charge is 0.317 e. The minimum Gasteiger partial charge on any atom is -0.317 e. The van der Waals surface area contributed by atoms with E-state index in [1.807, 2.05) is 0 Å². The Balaban J connectivity index is 2.08. The van der Waals surface area contributed by atoms with Crippen LogP contribution < -0.4 is 10.7 Å². The first-order valence-electron chi connectivity index (χ1n) is 8.11. The van der Waals surface area contributed by atoms with E-state index in [2.05, 4.69) is 15.8 Å². The van der Waals surface area contributed by atoms with Crippen LogP contribution in [-0.2, 0) is 4.79 Å². The summed E-state index contributed by atoms with van der Waals surface area (Å²) in [6.07, 6.45) is 1.24. The fourth-order valence-electron chi connectivity index (χ4n) is 2.16. The molecule has 0 unspecified atom stereocenters. The molecular formula is C19H17ClN4O4. The summed E-state index contributed by atoms with van der Waals surface area (Å²) >= 11 is 5.75. The van der Waals surface area contributed by atoms with Gasteiger partial charge in [0.15, 0.2) is 0 Å². The van der Waals surface area contributed by atoms with E-state index in [0.29, 0.717) is 16.7 Å². The molecule has 9 heteroatoms. The predicted molar refractivity (Wildman–Crippen MR) is 106 cm³/mol. The van der Waals surface area contributed by atoms with Gasteiger partial charge in [-0.1, -0.05) is 35.9 Å². The Hall–Kier alpha value is -3.52. The Morgan fingerprint density at radius 2 is 1.82 bits per heavy atom. The van der Waals surface area contributed by atoms with Gasteiger partial charge in [-0.05, 0) is 37.6 Å². The number of carbonyl (C=O) groups excluding carboxylic acids is 2. The zero-order valence-electron chi connectivity index (χ0n) is 15.1. The lowest BCUT2D eigenvalue weighted by molar-refractivity contribution is -0.384. The molecule has 2 aromatic rings. The fraction of sp³-hybridized carbons (Fsp3) is 0.105. The number of hydrogen-bond donors (Lipinski definition) is 2. The summed E-state index contributed by atoms with van der Waals surface area (Å²) in [7, 11) is 0. The molecule has 0 heterocycles. The number of allylic oxidation sites excluding steroid dienone is 1. The summed E-state index contributed by atoms with van der Waals surface area (Å²) in [5.74, 6) is -1.05. The average Bonchev–Trinajstić information content (AvgIpc) is 2.67. The molecule has 0 bridgehead atoms. The number of rotatable bonds is 6.